The molecular weight excluding hydrogens is 372 g/mol. The quantitative estimate of drug-likeness (QED) is 0.742. The highest BCUT2D eigenvalue weighted by atomic mass is 35.5. The van der Waals surface area contributed by atoms with Crippen LogP contribution in [0.4, 0.5) is 0 Å². The Labute approximate surface area is 159 Å². The summed E-state index contributed by atoms with van der Waals surface area (Å²) in [6.07, 6.45) is 3.54. The monoisotopic (exact) mass is 392 g/mol. The number of aryl methyl sites for hydroxylation is 1. The Hall–Kier alpha value is -1.93. The van der Waals surface area contributed by atoms with Gasteiger partial charge in [-0.25, -0.2) is 13.4 Å². The molecule has 0 radical (unpaired) electrons. The number of nitrogens with one attached hydrogen (secondary N) is 1. The van der Waals surface area contributed by atoms with E-state index in [9.17, 15) is 8.42 Å². The van der Waals surface area contributed by atoms with Crippen LogP contribution in [-0.2, 0) is 17.1 Å². The van der Waals surface area contributed by atoms with E-state index >= 15 is 0 Å². The number of halogens is 1. The largest absolute Gasteiger partial charge is 0.337 e. The zero-order valence-corrected chi connectivity index (χ0v) is 16.0. The lowest BCUT2D eigenvalue weighted by Gasteiger charge is -2.34. The van der Waals surface area contributed by atoms with Crippen molar-refractivity contribution in [3.8, 4) is 0 Å². The average molecular weight is 393 g/mol. The summed E-state index contributed by atoms with van der Waals surface area (Å²) in [5.41, 5.74) is 0. The van der Waals surface area contributed by atoms with E-state index in [4.69, 9.17) is 0 Å². The van der Waals surface area contributed by atoms with Gasteiger partial charge in [-0.15, -0.1) is 12.4 Å². The Balaban J connectivity index is 0.00000196. The van der Waals surface area contributed by atoms with Crippen molar-refractivity contribution in [2.75, 3.05) is 19.6 Å². The molecule has 6 nitrogen and oxygen atoms in total. The van der Waals surface area contributed by atoms with Crippen molar-refractivity contribution in [3.63, 3.8) is 0 Å². The molecule has 2 heterocycles. The minimum absolute atomic E-state index is 0. The number of hydrogen-bond acceptors (Lipinski definition) is 4. The first-order valence-corrected chi connectivity index (χ1v) is 9.70. The number of piperazine rings is 1. The van der Waals surface area contributed by atoms with Crippen molar-refractivity contribution < 1.29 is 8.42 Å². The van der Waals surface area contributed by atoms with Gasteiger partial charge in [0.15, 0.2) is 0 Å². The number of sulfonamides is 1. The molecule has 0 bridgehead atoms. The molecule has 1 unspecified atom stereocenters. The molecule has 1 N–H and O–H groups in total. The van der Waals surface area contributed by atoms with Gasteiger partial charge in [0.1, 0.15) is 5.82 Å². The molecule has 0 aliphatic carbocycles. The highest BCUT2D eigenvalue weighted by Gasteiger charge is 2.36. The molecule has 1 fully saturated rings. The van der Waals surface area contributed by atoms with Gasteiger partial charge in [0.05, 0.1) is 10.9 Å². The van der Waals surface area contributed by atoms with Gasteiger partial charge < -0.3 is 9.88 Å². The number of rotatable bonds is 3. The third-order valence-electron chi connectivity index (χ3n) is 4.68. The fourth-order valence-electron chi connectivity index (χ4n) is 3.35. The highest BCUT2D eigenvalue weighted by Crippen LogP contribution is 2.29. The highest BCUT2D eigenvalue weighted by molar-refractivity contribution is 7.89. The first kappa shape index (κ1) is 18.8. The van der Waals surface area contributed by atoms with Crippen LogP contribution in [0.3, 0.4) is 0 Å². The van der Waals surface area contributed by atoms with E-state index in [-0.39, 0.29) is 18.4 Å². The summed E-state index contributed by atoms with van der Waals surface area (Å²) in [4.78, 5) is 4.69. The number of imidazole rings is 1. The van der Waals surface area contributed by atoms with Gasteiger partial charge in [-0.3, -0.25) is 0 Å². The summed E-state index contributed by atoms with van der Waals surface area (Å²) in [7, 11) is -1.72. The third kappa shape index (κ3) is 3.23. The van der Waals surface area contributed by atoms with Crippen LogP contribution in [0.1, 0.15) is 11.9 Å². The first-order valence-electron chi connectivity index (χ1n) is 8.26. The normalized spacial score (nSPS) is 18.6. The summed E-state index contributed by atoms with van der Waals surface area (Å²) >= 11 is 0. The summed E-state index contributed by atoms with van der Waals surface area (Å²) in [5.74, 6) is 0.747. The lowest BCUT2D eigenvalue weighted by atomic mass is 10.1. The number of hydrogen-bond donors (Lipinski definition) is 1. The van der Waals surface area contributed by atoms with E-state index in [0.717, 1.165) is 16.6 Å². The summed E-state index contributed by atoms with van der Waals surface area (Å²) in [5, 5.41) is 5.23. The Bertz CT molecular complexity index is 1020. The number of nitrogens with zero attached hydrogens (tertiary/aromatic N) is 3. The lowest BCUT2D eigenvalue weighted by Crippen LogP contribution is -2.49. The molecule has 0 amide bonds. The van der Waals surface area contributed by atoms with Crippen LogP contribution >= 0.6 is 12.4 Å². The van der Waals surface area contributed by atoms with Gasteiger partial charge in [-0.1, -0.05) is 30.3 Å². The number of fused-ring (bicyclic) bond motifs is 1. The maximum absolute atomic E-state index is 13.3. The number of benzene rings is 2. The topological polar surface area (TPSA) is 67.2 Å². The van der Waals surface area contributed by atoms with Gasteiger partial charge in [-0.2, -0.15) is 4.31 Å². The van der Waals surface area contributed by atoms with Crippen molar-refractivity contribution in [3.05, 3.63) is 60.7 Å². The predicted octanol–water partition coefficient (Wildman–Crippen LogP) is 2.33. The van der Waals surface area contributed by atoms with Crippen LogP contribution < -0.4 is 5.32 Å². The van der Waals surface area contributed by atoms with E-state index in [1.54, 1.807) is 22.6 Å². The van der Waals surface area contributed by atoms with E-state index in [1.807, 2.05) is 48.1 Å². The molecule has 26 heavy (non-hydrogen) atoms. The molecule has 0 spiro atoms. The van der Waals surface area contributed by atoms with E-state index in [1.165, 1.54) is 0 Å². The standard InChI is InChI=1S/C18H20N4O2S.ClH/c1-21-10-9-20-18(21)17-13-19-8-11-22(17)25(23,24)16-7-6-14-4-2-3-5-15(14)12-16;/h2-7,9-10,12,17,19H,8,11,13H2,1H3;1H. The van der Waals surface area contributed by atoms with E-state index in [2.05, 4.69) is 10.3 Å². The minimum Gasteiger partial charge on any atom is -0.337 e. The fraction of sp³-hybridized carbons (Fsp3) is 0.278. The number of aromatic nitrogens is 2. The first-order chi connectivity index (χ1) is 12.1. The van der Waals surface area contributed by atoms with Crippen molar-refractivity contribution >= 4 is 33.2 Å². The Morgan fingerprint density at radius 3 is 2.65 bits per heavy atom. The zero-order chi connectivity index (χ0) is 17.4. The Kier molecular flexibility index (Phi) is 5.34. The van der Waals surface area contributed by atoms with Gasteiger partial charge >= 0.3 is 0 Å². The molecule has 4 rings (SSSR count). The Morgan fingerprint density at radius 2 is 1.92 bits per heavy atom. The van der Waals surface area contributed by atoms with Crippen molar-refractivity contribution in [2.24, 2.45) is 7.05 Å². The van der Waals surface area contributed by atoms with Gasteiger partial charge in [0, 0.05) is 39.1 Å². The van der Waals surface area contributed by atoms with Crippen LogP contribution in [0, 0.1) is 0 Å². The molecule has 8 heteroatoms. The lowest BCUT2D eigenvalue weighted by molar-refractivity contribution is 0.258. The van der Waals surface area contributed by atoms with E-state index in [0.29, 0.717) is 24.5 Å². The molecule has 1 atom stereocenters. The summed E-state index contributed by atoms with van der Waals surface area (Å²) in [6, 6.07) is 12.8. The minimum atomic E-state index is -3.61. The second-order valence-corrected chi connectivity index (χ2v) is 8.13. The third-order valence-corrected chi connectivity index (χ3v) is 6.58. The maximum atomic E-state index is 13.3. The molecule has 3 aromatic rings. The van der Waals surface area contributed by atoms with Crippen molar-refractivity contribution in [1.29, 1.82) is 0 Å². The Morgan fingerprint density at radius 1 is 1.15 bits per heavy atom. The molecule has 0 saturated carbocycles. The molecule has 1 aromatic heterocycles. The average Bonchev–Trinajstić information content (AvgIpc) is 3.07. The predicted molar refractivity (Wildman–Crippen MR) is 104 cm³/mol. The van der Waals surface area contributed by atoms with Crippen molar-refractivity contribution in [1.82, 2.24) is 19.2 Å². The molecule has 138 valence electrons. The maximum Gasteiger partial charge on any atom is 0.243 e. The molecule has 2 aromatic carbocycles. The molecule has 1 aliphatic heterocycles. The van der Waals surface area contributed by atoms with Crippen LogP contribution in [0.25, 0.3) is 10.8 Å². The van der Waals surface area contributed by atoms with Crippen molar-refractivity contribution in [2.45, 2.75) is 10.9 Å². The molecule has 1 aliphatic rings. The van der Waals surface area contributed by atoms with Gasteiger partial charge in [0.25, 0.3) is 0 Å². The molecule has 1 saturated heterocycles. The molecular formula is C18H21ClN4O2S. The van der Waals surface area contributed by atoms with Crippen LogP contribution in [0.5, 0.6) is 0 Å². The fourth-order valence-corrected chi connectivity index (χ4v) is 4.98. The van der Waals surface area contributed by atoms with Crippen LogP contribution in [0.2, 0.25) is 0 Å². The van der Waals surface area contributed by atoms with E-state index < -0.39 is 10.0 Å². The van der Waals surface area contributed by atoms with Gasteiger partial charge in [0.2, 0.25) is 10.0 Å². The van der Waals surface area contributed by atoms with Gasteiger partial charge in [-0.05, 0) is 22.9 Å². The summed E-state index contributed by atoms with van der Waals surface area (Å²) < 4.78 is 30.1. The SMILES string of the molecule is Cl.Cn1ccnc1C1CNCCN1S(=O)(=O)c1ccc2ccccc2c1. The van der Waals surface area contributed by atoms with Crippen LogP contribution in [-0.4, -0.2) is 41.9 Å². The smallest absolute Gasteiger partial charge is 0.243 e. The second kappa shape index (κ2) is 7.36. The zero-order valence-electron chi connectivity index (χ0n) is 14.4. The second-order valence-electron chi connectivity index (χ2n) is 6.24. The van der Waals surface area contributed by atoms with Crippen LogP contribution in [0.15, 0.2) is 59.8 Å². The summed E-state index contributed by atoms with van der Waals surface area (Å²) in [6.45, 7) is 1.61.